The number of fused-ring (bicyclic) bond motifs is 1. The van der Waals surface area contributed by atoms with Gasteiger partial charge in [-0.15, -0.1) is 0 Å². The van der Waals surface area contributed by atoms with E-state index in [-0.39, 0.29) is 5.56 Å². The molecule has 0 spiro atoms. The molecular weight excluding hydrogens is 344 g/mol. The van der Waals surface area contributed by atoms with Gasteiger partial charge in [0, 0.05) is 24.8 Å². The van der Waals surface area contributed by atoms with Crippen molar-refractivity contribution in [1.29, 1.82) is 0 Å². The van der Waals surface area contributed by atoms with Crippen molar-refractivity contribution >= 4 is 28.4 Å². The number of benzene rings is 1. The lowest BCUT2D eigenvalue weighted by atomic mass is 10.2. The first-order valence-corrected chi connectivity index (χ1v) is 9.16. The molecule has 0 bridgehead atoms. The molecule has 0 atom stereocenters. The molecule has 4 rings (SSSR count). The van der Waals surface area contributed by atoms with Crippen molar-refractivity contribution in [2.24, 2.45) is 0 Å². The minimum atomic E-state index is -0.319. The predicted octanol–water partition coefficient (Wildman–Crippen LogP) is 2.85. The van der Waals surface area contributed by atoms with Gasteiger partial charge in [-0.1, -0.05) is 18.9 Å². The zero-order valence-corrected chi connectivity index (χ0v) is 15.2. The number of aromatic amines is 1. The van der Waals surface area contributed by atoms with Gasteiger partial charge in [0.2, 0.25) is 5.95 Å². The molecule has 2 aromatic heterocycles. The third kappa shape index (κ3) is 3.69. The smallest absolute Gasteiger partial charge is 0.277 e. The lowest BCUT2D eigenvalue weighted by Crippen LogP contribution is -2.26. The van der Waals surface area contributed by atoms with Crippen LogP contribution in [0, 0.1) is 0 Å². The monoisotopic (exact) mass is 366 g/mol. The molecule has 140 valence electrons. The van der Waals surface area contributed by atoms with E-state index in [2.05, 4.69) is 25.4 Å². The van der Waals surface area contributed by atoms with Gasteiger partial charge in [0.15, 0.2) is 0 Å². The van der Waals surface area contributed by atoms with Gasteiger partial charge in [-0.2, -0.15) is 10.1 Å². The Bertz CT molecular complexity index is 995. The Balaban J connectivity index is 1.79. The molecule has 1 aliphatic rings. The lowest BCUT2D eigenvalue weighted by Gasteiger charge is -2.21. The minimum Gasteiger partial charge on any atom is -0.497 e. The summed E-state index contributed by atoms with van der Waals surface area (Å²) in [7, 11) is 1.62. The SMILES string of the molecule is COc1cccc(Nc2nc(N3CCCCCC3)nc3cn[nH]c(=O)c23)c1. The van der Waals surface area contributed by atoms with Crippen LogP contribution >= 0.6 is 0 Å². The molecule has 0 saturated carbocycles. The first-order valence-electron chi connectivity index (χ1n) is 9.16. The first-order chi connectivity index (χ1) is 13.2. The molecule has 0 amide bonds. The Kier molecular flexibility index (Phi) is 4.86. The molecule has 1 aromatic carbocycles. The number of H-pyrrole nitrogens is 1. The van der Waals surface area contributed by atoms with E-state index in [1.54, 1.807) is 13.3 Å². The lowest BCUT2D eigenvalue weighted by molar-refractivity contribution is 0.415. The molecule has 1 saturated heterocycles. The van der Waals surface area contributed by atoms with Crippen molar-refractivity contribution in [2.45, 2.75) is 25.7 Å². The molecule has 27 heavy (non-hydrogen) atoms. The van der Waals surface area contributed by atoms with Gasteiger partial charge in [-0.25, -0.2) is 10.1 Å². The van der Waals surface area contributed by atoms with E-state index < -0.39 is 0 Å². The molecule has 0 unspecified atom stereocenters. The second-order valence-electron chi connectivity index (χ2n) is 6.59. The van der Waals surface area contributed by atoms with Crippen molar-refractivity contribution in [3.63, 3.8) is 0 Å². The Morgan fingerprint density at radius 2 is 1.96 bits per heavy atom. The van der Waals surface area contributed by atoms with Crippen LogP contribution < -0.4 is 20.5 Å². The number of hydrogen-bond donors (Lipinski definition) is 2. The highest BCUT2D eigenvalue weighted by atomic mass is 16.5. The fourth-order valence-corrected chi connectivity index (χ4v) is 3.33. The zero-order chi connectivity index (χ0) is 18.6. The summed E-state index contributed by atoms with van der Waals surface area (Å²) in [6.07, 6.45) is 6.25. The van der Waals surface area contributed by atoms with Gasteiger partial charge in [-0.05, 0) is 25.0 Å². The van der Waals surface area contributed by atoms with Gasteiger partial charge >= 0.3 is 0 Å². The predicted molar refractivity (Wildman–Crippen MR) is 105 cm³/mol. The fourth-order valence-electron chi connectivity index (χ4n) is 3.33. The first kappa shape index (κ1) is 17.3. The highest BCUT2D eigenvalue weighted by Gasteiger charge is 2.17. The minimum absolute atomic E-state index is 0.319. The van der Waals surface area contributed by atoms with Crippen LogP contribution in [0.15, 0.2) is 35.3 Å². The average molecular weight is 366 g/mol. The Morgan fingerprint density at radius 1 is 1.15 bits per heavy atom. The summed E-state index contributed by atoms with van der Waals surface area (Å²) in [4.78, 5) is 23.9. The third-order valence-electron chi connectivity index (χ3n) is 4.73. The summed E-state index contributed by atoms with van der Waals surface area (Å²) >= 11 is 0. The standard InChI is InChI=1S/C19H22N6O2/c1-27-14-8-6-7-13(11-14)21-17-16-15(12-20-24-18(16)26)22-19(23-17)25-9-4-2-3-5-10-25/h6-8,11-12H,2-5,9-10H2,1H3,(H,24,26)(H,21,22,23). The second-order valence-corrected chi connectivity index (χ2v) is 6.59. The summed E-state index contributed by atoms with van der Waals surface area (Å²) in [5, 5.41) is 10.0. The maximum Gasteiger partial charge on any atom is 0.277 e. The van der Waals surface area contributed by atoms with E-state index in [1.807, 2.05) is 24.3 Å². The largest absolute Gasteiger partial charge is 0.497 e. The van der Waals surface area contributed by atoms with Crippen LogP contribution in [0.5, 0.6) is 5.75 Å². The maximum absolute atomic E-state index is 12.4. The summed E-state index contributed by atoms with van der Waals surface area (Å²) in [6.45, 7) is 1.83. The van der Waals surface area contributed by atoms with Gasteiger partial charge in [0.25, 0.3) is 5.56 Å². The number of hydrogen-bond acceptors (Lipinski definition) is 7. The molecule has 0 aliphatic carbocycles. The van der Waals surface area contributed by atoms with E-state index in [1.165, 1.54) is 12.8 Å². The van der Waals surface area contributed by atoms with E-state index in [9.17, 15) is 4.79 Å². The highest BCUT2D eigenvalue weighted by Crippen LogP contribution is 2.26. The fraction of sp³-hybridized carbons (Fsp3) is 0.368. The van der Waals surface area contributed by atoms with E-state index in [0.717, 1.165) is 37.4 Å². The van der Waals surface area contributed by atoms with Crippen molar-refractivity contribution in [3.05, 3.63) is 40.8 Å². The van der Waals surface area contributed by atoms with Gasteiger partial charge < -0.3 is 15.0 Å². The summed E-state index contributed by atoms with van der Waals surface area (Å²) in [5.41, 5.74) is 0.992. The van der Waals surface area contributed by atoms with E-state index in [4.69, 9.17) is 9.72 Å². The third-order valence-corrected chi connectivity index (χ3v) is 4.73. The summed E-state index contributed by atoms with van der Waals surface area (Å²) < 4.78 is 5.28. The van der Waals surface area contributed by atoms with Crippen LogP contribution in [0.25, 0.3) is 10.9 Å². The van der Waals surface area contributed by atoms with Crippen LogP contribution in [-0.2, 0) is 0 Å². The van der Waals surface area contributed by atoms with Crippen LogP contribution in [0.3, 0.4) is 0 Å². The number of aromatic nitrogens is 4. The molecular formula is C19H22N6O2. The van der Waals surface area contributed by atoms with Gasteiger partial charge in [0.05, 0.1) is 13.3 Å². The molecule has 1 aliphatic heterocycles. The van der Waals surface area contributed by atoms with Crippen LogP contribution in [0.2, 0.25) is 0 Å². The molecule has 8 heteroatoms. The van der Waals surface area contributed by atoms with E-state index >= 15 is 0 Å². The number of methoxy groups -OCH3 is 1. The van der Waals surface area contributed by atoms with Crippen LogP contribution in [0.4, 0.5) is 17.5 Å². The van der Waals surface area contributed by atoms with Crippen molar-refractivity contribution in [1.82, 2.24) is 20.2 Å². The number of nitrogens with zero attached hydrogens (tertiary/aromatic N) is 4. The summed E-state index contributed by atoms with van der Waals surface area (Å²) in [5.74, 6) is 1.82. The molecule has 2 N–H and O–H groups in total. The van der Waals surface area contributed by atoms with Crippen molar-refractivity contribution in [2.75, 3.05) is 30.4 Å². The van der Waals surface area contributed by atoms with Gasteiger partial charge in [-0.3, -0.25) is 4.79 Å². The number of rotatable bonds is 4. The Hall–Kier alpha value is -3.16. The Morgan fingerprint density at radius 3 is 2.74 bits per heavy atom. The molecule has 1 fully saturated rings. The van der Waals surface area contributed by atoms with E-state index in [0.29, 0.717) is 22.7 Å². The molecule has 3 aromatic rings. The molecule has 3 heterocycles. The van der Waals surface area contributed by atoms with Crippen LogP contribution in [0.1, 0.15) is 25.7 Å². The van der Waals surface area contributed by atoms with Crippen molar-refractivity contribution in [3.8, 4) is 5.75 Å². The number of ether oxygens (including phenoxy) is 1. The summed E-state index contributed by atoms with van der Waals surface area (Å²) in [6, 6.07) is 7.50. The highest BCUT2D eigenvalue weighted by molar-refractivity contribution is 5.90. The maximum atomic E-state index is 12.4. The van der Waals surface area contributed by atoms with Crippen LogP contribution in [-0.4, -0.2) is 40.4 Å². The number of anilines is 3. The quantitative estimate of drug-likeness (QED) is 0.733. The average Bonchev–Trinajstić information content (AvgIpc) is 2.97. The topological polar surface area (TPSA) is 96.0 Å². The normalized spacial score (nSPS) is 14.8. The van der Waals surface area contributed by atoms with Crippen molar-refractivity contribution < 1.29 is 4.74 Å². The van der Waals surface area contributed by atoms with Gasteiger partial charge in [0.1, 0.15) is 22.5 Å². The Labute approximate surface area is 156 Å². The number of nitrogens with one attached hydrogen (secondary N) is 2. The molecule has 0 radical (unpaired) electrons. The second kappa shape index (κ2) is 7.61. The zero-order valence-electron chi connectivity index (χ0n) is 15.2. The molecule has 8 nitrogen and oxygen atoms in total.